The minimum atomic E-state index is -0.349. The zero-order valence-corrected chi connectivity index (χ0v) is 30.3. The lowest BCUT2D eigenvalue weighted by atomic mass is 9.81. The normalized spacial score (nSPS) is 19.6. The number of Topliss-reactive ketones (excluding diaryl/α,β-unsaturated/α-hetero) is 1. The Labute approximate surface area is 288 Å². The molecule has 3 aliphatic heterocycles. The van der Waals surface area contributed by atoms with E-state index in [0.717, 1.165) is 41.9 Å². The second-order valence-corrected chi connectivity index (χ2v) is 15.1. The SMILES string of the molecule is CCCC[N+]1=C(C)C(C)(C)c2cc(CC(=O)CN3C(=O)/C(=C\C=C4/N(CCC(=O)OCC)c5ccccc5C4(C)C)SC3=S)ccc21. The standard InChI is InChI=1S/C38H46N3O4S2/c1-8-10-20-39-25(3)37(4,5)29-23-26(15-16-31(29)39)22-27(42)24-41-35(44)32(47-36(41)46)17-18-33-38(6,7)28-13-11-12-14-30(28)40(33)21-19-34(43)45-9-2/h11-18,23H,8-10,19-22,24H2,1-7H3/q+1/b32-17+,33-18-. The maximum Gasteiger partial charge on any atom is 0.307 e. The number of ether oxygens (including phenoxy) is 1. The maximum atomic E-state index is 13.5. The lowest BCUT2D eigenvalue weighted by molar-refractivity contribution is -0.439. The number of fused-ring (bicyclic) bond motifs is 2. The number of allylic oxidation sites excluding steroid dienone is 3. The molecule has 2 aromatic carbocycles. The molecule has 1 saturated heterocycles. The lowest BCUT2D eigenvalue weighted by Crippen LogP contribution is -2.34. The van der Waals surface area contributed by atoms with E-state index in [2.05, 4.69) is 75.3 Å². The molecule has 7 nitrogen and oxygen atoms in total. The van der Waals surface area contributed by atoms with Crippen LogP contribution in [0.5, 0.6) is 0 Å². The number of ketones is 1. The number of para-hydroxylation sites is 1. The number of rotatable bonds is 12. The van der Waals surface area contributed by atoms with Crippen molar-refractivity contribution in [1.82, 2.24) is 4.90 Å². The van der Waals surface area contributed by atoms with Gasteiger partial charge in [0.2, 0.25) is 5.69 Å². The molecule has 0 aromatic heterocycles. The Morgan fingerprint density at radius 2 is 1.74 bits per heavy atom. The molecule has 0 saturated carbocycles. The number of thiocarbonyl (C=S) groups is 1. The van der Waals surface area contributed by atoms with Crippen molar-refractivity contribution >= 4 is 63.0 Å². The molecule has 5 rings (SSSR count). The summed E-state index contributed by atoms with van der Waals surface area (Å²) in [5, 5.41) is 0. The van der Waals surface area contributed by atoms with Crippen LogP contribution in [0.4, 0.5) is 11.4 Å². The van der Waals surface area contributed by atoms with Gasteiger partial charge in [-0.3, -0.25) is 19.3 Å². The van der Waals surface area contributed by atoms with E-state index >= 15 is 0 Å². The van der Waals surface area contributed by atoms with Gasteiger partial charge in [-0.2, -0.15) is 4.58 Å². The summed E-state index contributed by atoms with van der Waals surface area (Å²) in [4.78, 5) is 43.1. The van der Waals surface area contributed by atoms with Crippen LogP contribution in [-0.2, 0) is 36.4 Å². The highest BCUT2D eigenvalue weighted by molar-refractivity contribution is 8.26. The maximum absolute atomic E-state index is 13.5. The molecule has 2 aromatic rings. The van der Waals surface area contributed by atoms with E-state index in [9.17, 15) is 14.4 Å². The molecule has 3 heterocycles. The Bertz CT molecular complexity index is 1720. The first-order valence-corrected chi connectivity index (χ1v) is 17.8. The number of amides is 1. The van der Waals surface area contributed by atoms with Crippen LogP contribution in [0.15, 0.2) is 65.2 Å². The van der Waals surface area contributed by atoms with Gasteiger partial charge in [0.15, 0.2) is 11.5 Å². The summed E-state index contributed by atoms with van der Waals surface area (Å²) >= 11 is 6.80. The van der Waals surface area contributed by atoms with E-state index in [1.54, 1.807) is 13.0 Å². The number of benzene rings is 2. The van der Waals surface area contributed by atoms with Gasteiger partial charge in [0.25, 0.3) is 5.91 Å². The zero-order valence-electron chi connectivity index (χ0n) is 28.6. The first-order chi connectivity index (χ1) is 22.3. The summed E-state index contributed by atoms with van der Waals surface area (Å²) in [5.41, 5.74) is 7.45. The van der Waals surface area contributed by atoms with E-state index in [-0.39, 0.29) is 47.9 Å². The fourth-order valence-electron chi connectivity index (χ4n) is 6.83. The number of carbonyl (C=O) groups is 3. The fraction of sp³-hybridized carbons (Fsp3) is 0.447. The van der Waals surface area contributed by atoms with Crippen LogP contribution in [-0.4, -0.2) is 63.4 Å². The Morgan fingerprint density at radius 3 is 2.47 bits per heavy atom. The number of esters is 1. The average molecular weight is 673 g/mol. The molecule has 248 valence electrons. The van der Waals surface area contributed by atoms with Gasteiger partial charge in [0.05, 0.1) is 29.9 Å². The monoisotopic (exact) mass is 672 g/mol. The second-order valence-electron chi connectivity index (χ2n) is 13.5. The predicted octanol–water partition coefficient (Wildman–Crippen LogP) is 7.37. The molecule has 3 aliphatic rings. The van der Waals surface area contributed by atoms with Crippen molar-refractivity contribution in [1.29, 1.82) is 0 Å². The van der Waals surface area contributed by atoms with Crippen LogP contribution >= 0.6 is 24.0 Å². The minimum absolute atomic E-state index is 0.0577. The topological polar surface area (TPSA) is 69.9 Å². The van der Waals surface area contributed by atoms with Crippen LogP contribution in [0, 0.1) is 0 Å². The van der Waals surface area contributed by atoms with Crippen LogP contribution in [0.25, 0.3) is 0 Å². The number of thioether (sulfide) groups is 1. The van der Waals surface area contributed by atoms with E-state index in [0.29, 0.717) is 22.4 Å². The molecule has 0 bridgehead atoms. The Balaban J connectivity index is 1.30. The van der Waals surface area contributed by atoms with Crippen molar-refractivity contribution in [2.75, 3.05) is 31.1 Å². The molecule has 0 unspecified atom stereocenters. The van der Waals surface area contributed by atoms with E-state index in [1.165, 1.54) is 33.6 Å². The summed E-state index contributed by atoms with van der Waals surface area (Å²) in [6.45, 7) is 16.7. The Kier molecular flexibility index (Phi) is 10.3. The summed E-state index contributed by atoms with van der Waals surface area (Å²) in [6, 6.07) is 14.5. The second kappa shape index (κ2) is 13.9. The first-order valence-electron chi connectivity index (χ1n) is 16.6. The summed E-state index contributed by atoms with van der Waals surface area (Å²) < 4.78 is 7.98. The largest absolute Gasteiger partial charge is 0.466 e. The highest BCUT2D eigenvalue weighted by atomic mass is 32.2. The summed E-state index contributed by atoms with van der Waals surface area (Å²) in [6.07, 6.45) is 6.50. The molecular weight excluding hydrogens is 627 g/mol. The molecule has 0 N–H and O–H groups in total. The van der Waals surface area contributed by atoms with Crippen molar-refractivity contribution in [2.45, 2.75) is 85.0 Å². The molecule has 0 spiro atoms. The predicted molar refractivity (Wildman–Crippen MR) is 195 cm³/mol. The third kappa shape index (κ3) is 6.74. The average Bonchev–Trinajstić information content (AvgIpc) is 3.50. The van der Waals surface area contributed by atoms with Gasteiger partial charge in [-0.05, 0) is 56.2 Å². The highest BCUT2D eigenvalue weighted by Gasteiger charge is 2.43. The highest BCUT2D eigenvalue weighted by Crippen LogP contribution is 2.48. The number of hydrogen-bond acceptors (Lipinski definition) is 7. The van der Waals surface area contributed by atoms with Crippen molar-refractivity contribution < 1.29 is 23.7 Å². The van der Waals surface area contributed by atoms with Crippen LogP contribution in [0.3, 0.4) is 0 Å². The number of hydrogen-bond donors (Lipinski definition) is 0. The quantitative estimate of drug-likeness (QED) is 0.101. The lowest BCUT2D eigenvalue weighted by Gasteiger charge is -2.26. The van der Waals surface area contributed by atoms with Crippen molar-refractivity contribution in [3.63, 3.8) is 0 Å². The molecule has 0 atom stereocenters. The Hall–Kier alpha value is -3.56. The van der Waals surface area contributed by atoms with Gasteiger partial charge in [-0.25, -0.2) is 0 Å². The third-order valence-electron chi connectivity index (χ3n) is 9.72. The number of carbonyl (C=O) groups excluding carboxylic acids is 3. The van der Waals surface area contributed by atoms with Gasteiger partial charge < -0.3 is 9.64 Å². The third-order valence-corrected chi connectivity index (χ3v) is 11.1. The van der Waals surface area contributed by atoms with Crippen molar-refractivity contribution in [3.8, 4) is 0 Å². The van der Waals surface area contributed by atoms with Crippen LogP contribution < -0.4 is 4.90 Å². The first kappa shape index (κ1) is 34.8. The molecular formula is C38H46N3O4S2+. The van der Waals surface area contributed by atoms with Gasteiger partial charge >= 0.3 is 5.97 Å². The van der Waals surface area contributed by atoms with Crippen LogP contribution in [0.1, 0.15) is 84.4 Å². The van der Waals surface area contributed by atoms with Crippen LogP contribution in [0.2, 0.25) is 0 Å². The number of nitrogens with zero attached hydrogens (tertiary/aromatic N) is 3. The van der Waals surface area contributed by atoms with Crippen molar-refractivity contribution in [3.05, 3.63) is 81.9 Å². The van der Waals surface area contributed by atoms with Gasteiger partial charge in [-0.1, -0.05) is 75.4 Å². The number of unbranched alkanes of at least 4 members (excludes halogenated alkanes) is 1. The minimum Gasteiger partial charge on any atom is -0.466 e. The molecule has 1 amide bonds. The molecule has 47 heavy (non-hydrogen) atoms. The molecule has 1 fully saturated rings. The fourth-order valence-corrected chi connectivity index (χ4v) is 8.03. The Morgan fingerprint density at radius 1 is 1.00 bits per heavy atom. The smallest absolute Gasteiger partial charge is 0.307 e. The van der Waals surface area contributed by atoms with Gasteiger partial charge in [0, 0.05) is 54.7 Å². The van der Waals surface area contributed by atoms with E-state index in [4.69, 9.17) is 17.0 Å². The van der Waals surface area contributed by atoms with E-state index < -0.39 is 0 Å². The van der Waals surface area contributed by atoms with Gasteiger partial charge in [0.1, 0.15) is 10.9 Å². The summed E-state index contributed by atoms with van der Waals surface area (Å²) in [5.74, 6) is -0.563. The van der Waals surface area contributed by atoms with E-state index in [1.807, 2.05) is 24.3 Å². The van der Waals surface area contributed by atoms with Gasteiger partial charge in [-0.15, -0.1) is 0 Å². The van der Waals surface area contributed by atoms with Crippen molar-refractivity contribution in [2.24, 2.45) is 0 Å². The molecule has 0 radical (unpaired) electrons. The molecule has 9 heteroatoms. The zero-order chi connectivity index (χ0) is 34.1. The molecule has 0 aliphatic carbocycles. The number of anilines is 1. The summed E-state index contributed by atoms with van der Waals surface area (Å²) in [7, 11) is 0.